The van der Waals surface area contributed by atoms with Crippen LogP contribution in [0.1, 0.15) is 18.4 Å². The summed E-state index contributed by atoms with van der Waals surface area (Å²) in [6, 6.07) is 7.22. The highest BCUT2D eigenvalue weighted by atomic mass is 32.2. The number of amides is 1. The molecule has 0 bridgehead atoms. The zero-order valence-electron chi connectivity index (χ0n) is 15.5. The van der Waals surface area contributed by atoms with E-state index < -0.39 is 32.5 Å². The molecule has 0 unspecified atom stereocenters. The molecule has 0 saturated carbocycles. The molecule has 9 heteroatoms. The lowest BCUT2D eigenvalue weighted by molar-refractivity contribution is 0.131. The zero-order valence-corrected chi connectivity index (χ0v) is 16.3. The van der Waals surface area contributed by atoms with E-state index in [-0.39, 0.29) is 10.9 Å². The number of piperidine rings is 1. The van der Waals surface area contributed by atoms with Crippen LogP contribution in [0.2, 0.25) is 0 Å². The molecule has 154 valence electrons. The number of benzene rings is 2. The van der Waals surface area contributed by atoms with E-state index in [2.05, 4.69) is 4.90 Å². The maximum absolute atomic E-state index is 13.5. The van der Waals surface area contributed by atoms with Crippen LogP contribution in [-0.4, -0.2) is 50.2 Å². The lowest BCUT2D eigenvalue weighted by Gasteiger charge is -2.37. The molecule has 0 aliphatic carbocycles. The number of carboxylic acid groups (broad SMARTS) is 1. The van der Waals surface area contributed by atoms with Gasteiger partial charge in [0.05, 0.1) is 9.79 Å². The van der Waals surface area contributed by atoms with Crippen molar-refractivity contribution in [2.45, 2.75) is 35.1 Å². The van der Waals surface area contributed by atoms with E-state index in [4.69, 9.17) is 5.11 Å². The van der Waals surface area contributed by atoms with Gasteiger partial charge in [-0.2, -0.15) is 0 Å². The van der Waals surface area contributed by atoms with Gasteiger partial charge in [0.2, 0.25) is 9.84 Å². The first kappa shape index (κ1) is 19.6. The number of anilines is 1. The number of hydrogen-bond acceptors (Lipinski definition) is 4. The number of nitrogens with zero attached hydrogens (tertiary/aromatic N) is 2. The van der Waals surface area contributed by atoms with Crippen LogP contribution in [0.3, 0.4) is 0 Å². The Kier molecular flexibility index (Phi) is 4.94. The van der Waals surface area contributed by atoms with Crippen LogP contribution in [0.5, 0.6) is 0 Å². The zero-order chi connectivity index (χ0) is 20.8. The minimum Gasteiger partial charge on any atom is -0.465 e. The molecular weight excluding hydrogens is 402 g/mol. The molecule has 0 spiro atoms. The van der Waals surface area contributed by atoms with Crippen LogP contribution in [0.25, 0.3) is 0 Å². The fourth-order valence-electron chi connectivity index (χ4n) is 4.14. The Bertz CT molecular complexity index is 1050. The van der Waals surface area contributed by atoms with Gasteiger partial charge in [0.25, 0.3) is 0 Å². The SMILES string of the molecule is O=C(O)N1CCC(N2CCc3cc(S(=O)(=O)c4cc(F)cc(F)c4)ccc32)CC1. The summed E-state index contributed by atoms with van der Waals surface area (Å²) in [6.45, 7) is 1.68. The van der Waals surface area contributed by atoms with Gasteiger partial charge in [-0.3, -0.25) is 0 Å². The molecule has 2 aliphatic rings. The van der Waals surface area contributed by atoms with Crippen molar-refractivity contribution in [3.8, 4) is 0 Å². The van der Waals surface area contributed by atoms with Crippen molar-refractivity contribution in [3.63, 3.8) is 0 Å². The van der Waals surface area contributed by atoms with E-state index in [9.17, 15) is 22.0 Å². The molecule has 1 saturated heterocycles. The van der Waals surface area contributed by atoms with Crippen LogP contribution in [0.15, 0.2) is 46.2 Å². The standard InChI is InChI=1S/C20H20F2N2O4S/c21-14-10-15(22)12-18(11-14)29(27,28)17-1-2-19-13(9-17)3-8-24(19)16-4-6-23(7-5-16)20(25)26/h1-2,9-12,16H,3-8H2,(H,25,26). The first-order valence-corrected chi connectivity index (χ1v) is 10.8. The molecule has 2 aliphatic heterocycles. The average molecular weight is 422 g/mol. The van der Waals surface area contributed by atoms with Crippen molar-refractivity contribution in [3.05, 3.63) is 53.6 Å². The second-order valence-corrected chi connectivity index (χ2v) is 9.29. The Morgan fingerprint density at radius 3 is 2.24 bits per heavy atom. The largest absolute Gasteiger partial charge is 0.465 e. The van der Waals surface area contributed by atoms with Crippen LogP contribution in [0, 0.1) is 11.6 Å². The van der Waals surface area contributed by atoms with Crippen LogP contribution in [0.4, 0.5) is 19.3 Å². The summed E-state index contributed by atoms with van der Waals surface area (Å²) in [7, 11) is -4.04. The maximum Gasteiger partial charge on any atom is 0.407 e. The third kappa shape index (κ3) is 3.66. The third-order valence-corrected chi connectivity index (χ3v) is 7.35. The topological polar surface area (TPSA) is 77.9 Å². The van der Waals surface area contributed by atoms with E-state index in [1.807, 2.05) is 0 Å². The summed E-state index contributed by atoms with van der Waals surface area (Å²) >= 11 is 0. The van der Waals surface area contributed by atoms with Crippen LogP contribution in [-0.2, 0) is 16.3 Å². The number of sulfone groups is 1. The predicted octanol–water partition coefficient (Wildman–Crippen LogP) is 3.30. The van der Waals surface area contributed by atoms with E-state index in [0.717, 1.165) is 29.9 Å². The quantitative estimate of drug-likeness (QED) is 0.821. The fraction of sp³-hybridized carbons (Fsp3) is 0.350. The van der Waals surface area contributed by atoms with E-state index in [1.54, 1.807) is 12.1 Å². The molecule has 1 fully saturated rings. The van der Waals surface area contributed by atoms with Crippen molar-refractivity contribution >= 4 is 21.6 Å². The number of fused-ring (bicyclic) bond motifs is 1. The van der Waals surface area contributed by atoms with Crippen molar-refractivity contribution in [1.82, 2.24) is 4.90 Å². The second-order valence-electron chi connectivity index (χ2n) is 7.34. The highest BCUT2D eigenvalue weighted by Crippen LogP contribution is 2.35. The van der Waals surface area contributed by atoms with Gasteiger partial charge >= 0.3 is 6.09 Å². The maximum atomic E-state index is 13.5. The first-order chi connectivity index (χ1) is 13.8. The minimum absolute atomic E-state index is 0.00352. The molecular formula is C20H20F2N2O4S. The lowest BCUT2D eigenvalue weighted by atomic mass is 10.0. The molecule has 1 amide bonds. The Labute approximate surface area is 167 Å². The van der Waals surface area contributed by atoms with E-state index >= 15 is 0 Å². The number of carbonyl (C=O) groups is 1. The number of rotatable bonds is 3. The van der Waals surface area contributed by atoms with Gasteiger partial charge in [0.15, 0.2) is 0 Å². The van der Waals surface area contributed by atoms with Gasteiger partial charge in [-0.25, -0.2) is 22.0 Å². The summed E-state index contributed by atoms with van der Waals surface area (Å²) in [5.41, 5.74) is 1.80. The van der Waals surface area contributed by atoms with Gasteiger partial charge in [-0.1, -0.05) is 0 Å². The van der Waals surface area contributed by atoms with E-state index in [0.29, 0.717) is 38.4 Å². The van der Waals surface area contributed by atoms with Crippen LogP contribution < -0.4 is 4.90 Å². The molecule has 0 radical (unpaired) electrons. The molecule has 2 aromatic rings. The summed E-state index contributed by atoms with van der Waals surface area (Å²) in [4.78, 5) is 14.3. The monoisotopic (exact) mass is 422 g/mol. The summed E-state index contributed by atoms with van der Waals surface area (Å²) in [5, 5.41) is 9.09. The van der Waals surface area contributed by atoms with Gasteiger partial charge in [0, 0.05) is 37.4 Å². The summed E-state index contributed by atoms with van der Waals surface area (Å²) in [5.74, 6) is -1.88. The number of likely N-dealkylation sites (tertiary alicyclic amines) is 1. The Morgan fingerprint density at radius 2 is 1.62 bits per heavy atom. The van der Waals surface area contributed by atoms with Gasteiger partial charge < -0.3 is 14.9 Å². The number of hydrogen-bond donors (Lipinski definition) is 1. The van der Waals surface area contributed by atoms with Crippen molar-refractivity contribution in [1.29, 1.82) is 0 Å². The van der Waals surface area contributed by atoms with Gasteiger partial charge in [-0.05, 0) is 55.2 Å². The molecule has 2 aromatic carbocycles. The third-order valence-electron chi connectivity index (χ3n) is 5.61. The fourth-order valence-corrected chi connectivity index (χ4v) is 5.49. The normalized spacial score (nSPS) is 17.4. The highest BCUT2D eigenvalue weighted by Gasteiger charge is 2.31. The molecule has 2 heterocycles. The van der Waals surface area contributed by atoms with Crippen LogP contribution >= 0.6 is 0 Å². The molecule has 4 rings (SSSR count). The predicted molar refractivity (Wildman–Crippen MR) is 102 cm³/mol. The minimum atomic E-state index is -4.04. The van der Waals surface area contributed by atoms with Crippen molar-refractivity contribution < 1.29 is 27.1 Å². The molecule has 6 nitrogen and oxygen atoms in total. The second kappa shape index (κ2) is 7.29. The van der Waals surface area contributed by atoms with Crippen molar-refractivity contribution in [2.24, 2.45) is 0 Å². The number of halogens is 2. The van der Waals surface area contributed by atoms with E-state index in [1.165, 1.54) is 11.0 Å². The molecule has 1 N–H and O–H groups in total. The Balaban J connectivity index is 1.58. The van der Waals surface area contributed by atoms with Crippen molar-refractivity contribution in [2.75, 3.05) is 24.5 Å². The Hall–Kier alpha value is -2.68. The lowest BCUT2D eigenvalue weighted by Crippen LogP contribution is -2.46. The average Bonchev–Trinajstić information content (AvgIpc) is 3.10. The molecule has 29 heavy (non-hydrogen) atoms. The smallest absolute Gasteiger partial charge is 0.407 e. The first-order valence-electron chi connectivity index (χ1n) is 9.34. The summed E-state index contributed by atoms with van der Waals surface area (Å²) < 4.78 is 52.6. The summed E-state index contributed by atoms with van der Waals surface area (Å²) in [6.07, 6.45) is 1.19. The van der Waals surface area contributed by atoms with Gasteiger partial charge in [0.1, 0.15) is 11.6 Å². The molecule has 0 atom stereocenters. The van der Waals surface area contributed by atoms with Gasteiger partial charge in [-0.15, -0.1) is 0 Å². The Morgan fingerprint density at radius 1 is 0.966 bits per heavy atom. The molecule has 0 aromatic heterocycles. The highest BCUT2D eigenvalue weighted by molar-refractivity contribution is 7.91.